The van der Waals surface area contributed by atoms with E-state index in [2.05, 4.69) is 73.0 Å². The van der Waals surface area contributed by atoms with Gasteiger partial charge in [0, 0.05) is 50.4 Å². The molecule has 2 aromatic rings. The molecule has 1 amide bonds. The topological polar surface area (TPSA) is 26.8 Å². The Bertz CT molecular complexity index is 839. The van der Waals surface area contributed by atoms with Gasteiger partial charge in [0.25, 0.3) is 0 Å². The molecular formula is C25H33N3O. The van der Waals surface area contributed by atoms with Crippen molar-refractivity contribution in [1.82, 2.24) is 9.80 Å². The summed E-state index contributed by atoms with van der Waals surface area (Å²) in [5.41, 5.74) is 5.17. The Morgan fingerprint density at radius 2 is 1.52 bits per heavy atom. The third kappa shape index (κ3) is 4.24. The maximum absolute atomic E-state index is 13.1. The van der Waals surface area contributed by atoms with E-state index in [1.807, 2.05) is 11.0 Å². The molecule has 2 heterocycles. The third-order valence-corrected chi connectivity index (χ3v) is 6.75. The SMILES string of the molecule is CCc1ccc(CN2CCN(CC(=O)N3c4ccccc4[C@H](C)[C@@H]3C)CC2)cc1. The molecule has 2 aliphatic rings. The normalized spacial score (nSPS) is 22.7. The summed E-state index contributed by atoms with van der Waals surface area (Å²) in [7, 11) is 0. The number of para-hydroxylation sites is 1. The van der Waals surface area contributed by atoms with Crippen LogP contribution >= 0.6 is 0 Å². The molecule has 1 saturated heterocycles. The lowest BCUT2D eigenvalue weighted by Gasteiger charge is -2.35. The molecule has 0 radical (unpaired) electrons. The number of hydrogen-bond donors (Lipinski definition) is 0. The van der Waals surface area contributed by atoms with E-state index >= 15 is 0 Å². The van der Waals surface area contributed by atoms with Gasteiger partial charge in [-0.1, -0.05) is 56.3 Å². The number of carbonyl (C=O) groups is 1. The number of piperazine rings is 1. The summed E-state index contributed by atoms with van der Waals surface area (Å²) in [6.07, 6.45) is 1.09. The van der Waals surface area contributed by atoms with Crippen LogP contribution in [0.15, 0.2) is 48.5 Å². The average Bonchev–Trinajstić information content (AvgIpc) is 3.00. The first kappa shape index (κ1) is 20.1. The van der Waals surface area contributed by atoms with Gasteiger partial charge in [-0.3, -0.25) is 14.6 Å². The van der Waals surface area contributed by atoms with Gasteiger partial charge in [0.2, 0.25) is 5.91 Å². The summed E-state index contributed by atoms with van der Waals surface area (Å²) in [6, 6.07) is 17.6. The van der Waals surface area contributed by atoms with Crippen LogP contribution in [-0.2, 0) is 17.8 Å². The molecule has 0 spiro atoms. The highest BCUT2D eigenvalue weighted by Gasteiger charge is 2.36. The van der Waals surface area contributed by atoms with Crippen molar-refractivity contribution in [3.8, 4) is 0 Å². The van der Waals surface area contributed by atoms with Gasteiger partial charge in [0.1, 0.15) is 0 Å². The fourth-order valence-corrected chi connectivity index (χ4v) is 4.67. The Balaban J connectivity index is 1.31. The number of benzene rings is 2. The van der Waals surface area contributed by atoms with Gasteiger partial charge in [-0.2, -0.15) is 0 Å². The van der Waals surface area contributed by atoms with E-state index in [0.29, 0.717) is 12.5 Å². The van der Waals surface area contributed by atoms with Gasteiger partial charge in [0.15, 0.2) is 0 Å². The maximum atomic E-state index is 13.1. The fraction of sp³-hybridized carbons (Fsp3) is 0.480. The van der Waals surface area contributed by atoms with Gasteiger partial charge >= 0.3 is 0 Å². The molecule has 0 aliphatic carbocycles. The van der Waals surface area contributed by atoms with E-state index in [9.17, 15) is 4.79 Å². The van der Waals surface area contributed by atoms with Crippen LogP contribution in [0.4, 0.5) is 5.69 Å². The number of nitrogens with zero attached hydrogens (tertiary/aromatic N) is 3. The lowest BCUT2D eigenvalue weighted by molar-refractivity contribution is -0.120. The predicted molar refractivity (Wildman–Crippen MR) is 119 cm³/mol. The highest BCUT2D eigenvalue weighted by atomic mass is 16.2. The molecule has 2 aromatic carbocycles. The first-order valence-electron chi connectivity index (χ1n) is 11.0. The molecule has 1 fully saturated rings. The summed E-state index contributed by atoms with van der Waals surface area (Å²) in [5.74, 6) is 0.629. The zero-order valence-corrected chi connectivity index (χ0v) is 18.0. The van der Waals surface area contributed by atoms with Gasteiger partial charge in [-0.15, -0.1) is 0 Å². The lowest BCUT2D eigenvalue weighted by atomic mass is 9.98. The summed E-state index contributed by atoms with van der Waals surface area (Å²) in [5, 5.41) is 0. The van der Waals surface area contributed by atoms with Crippen LogP contribution in [0.5, 0.6) is 0 Å². The Labute approximate surface area is 175 Å². The van der Waals surface area contributed by atoms with Crippen LogP contribution in [0.1, 0.15) is 43.4 Å². The maximum Gasteiger partial charge on any atom is 0.241 e. The Morgan fingerprint density at radius 3 is 2.21 bits per heavy atom. The molecule has 154 valence electrons. The summed E-state index contributed by atoms with van der Waals surface area (Å²) in [6.45, 7) is 12.1. The van der Waals surface area contributed by atoms with Crippen LogP contribution in [0, 0.1) is 0 Å². The second kappa shape index (κ2) is 8.68. The largest absolute Gasteiger partial charge is 0.308 e. The van der Waals surface area contributed by atoms with Crippen molar-refractivity contribution in [3.63, 3.8) is 0 Å². The van der Waals surface area contributed by atoms with Gasteiger partial charge < -0.3 is 4.90 Å². The molecular weight excluding hydrogens is 358 g/mol. The number of fused-ring (bicyclic) bond motifs is 1. The first-order chi connectivity index (χ1) is 14.1. The minimum Gasteiger partial charge on any atom is -0.308 e. The quantitative estimate of drug-likeness (QED) is 0.773. The molecule has 0 bridgehead atoms. The van der Waals surface area contributed by atoms with Crippen LogP contribution in [0.25, 0.3) is 0 Å². The van der Waals surface area contributed by atoms with Crippen molar-refractivity contribution in [2.45, 2.75) is 45.7 Å². The highest BCUT2D eigenvalue weighted by molar-refractivity contribution is 5.97. The van der Waals surface area contributed by atoms with Crippen LogP contribution in [0.3, 0.4) is 0 Å². The van der Waals surface area contributed by atoms with Crippen LogP contribution in [-0.4, -0.2) is 54.5 Å². The van der Waals surface area contributed by atoms with Gasteiger partial charge in [-0.25, -0.2) is 0 Å². The van der Waals surface area contributed by atoms with Gasteiger partial charge in [-0.05, 0) is 36.1 Å². The molecule has 2 atom stereocenters. The molecule has 4 nitrogen and oxygen atoms in total. The summed E-state index contributed by atoms with van der Waals surface area (Å²) >= 11 is 0. The van der Waals surface area contributed by atoms with E-state index < -0.39 is 0 Å². The molecule has 4 rings (SSSR count). The molecule has 0 saturated carbocycles. The zero-order valence-electron chi connectivity index (χ0n) is 18.0. The van der Waals surface area contributed by atoms with E-state index in [4.69, 9.17) is 0 Å². The number of anilines is 1. The number of rotatable bonds is 5. The Hall–Kier alpha value is -2.17. The monoisotopic (exact) mass is 391 g/mol. The second-order valence-electron chi connectivity index (χ2n) is 8.57. The number of hydrogen-bond acceptors (Lipinski definition) is 3. The highest BCUT2D eigenvalue weighted by Crippen LogP contribution is 2.40. The predicted octanol–water partition coefficient (Wildman–Crippen LogP) is 3.91. The summed E-state index contributed by atoms with van der Waals surface area (Å²) < 4.78 is 0. The number of amides is 1. The zero-order chi connectivity index (χ0) is 20.4. The van der Waals surface area contributed by atoms with Crippen LogP contribution < -0.4 is 4.90 Å². The van der Waals surface area contributed by atoms with E-state index in [1.54, 1.807) is 0 Å². The molecule has 0 N–H and O–H groups in total. The third-order valence-electron chi connectivity index (χ3n) is 6.75. The van der Waals surface area contributed by atoms with Crippen molar-refractivity contribution in [3.05, 3.63) is 65.2 Å². The van der Waals surface area contributed by atoms with Gasteiger partial charge in [0.05, 0.1) is 6.54 Å². The molecule has 2 aliphatic heterocycles. The van der Waals surface area contributed by atoms with Crippen molar-refractivity contribution in [2.24, 2.45) is 0 Å². The van der Waals surface area contributed by atoms with Crippen molar-refractivity contribution in [1.29, 1.82) is 0 Å². The molecule has 0 unspecified atom stereocenters. The van der Waals surface area contributed by atoms with Crippen molar-refractivity contribution >= 4 is 11.6 Å². The van der Waals surface area contributed by atoms with E-state index in [0.717, 1.165) is 44.8 Å². The smallest absolute Gasteiger partial charge is 0.241 e. The van der Waals surface area contributed by atoms with E-state index in [-0.39, 0.29) is 11.9 Å². The Morgan fingerprint density at radius 1 is 0.897 bits per heavy atom. The standard InChI is InChI=1S/C25H33N3O/c1-4-21-9-11-22(12-10-21)17-26-13-15-27(16-14-26)18-25(29)28-20(3)19(2)23-7-5-6-8-24(23)28/h5-12,19-20H,4,13-18H2,1-3H3/t19-,20+/m1/s1. The Kier molecular flexibility index (Phi) is 6.02. The molecule has 4 heteroatoms. The minimum atomic E-state index is 0.229. The van der Waals surface area contributed by atoms with Crippen LogP contribution in [0.2, 0.25) is 0 Å². The number of carbonyl (C=O) groups excluding carboxylic acids is 1. The van der Waals surface area contributed by atoms with E-state index in [1.165, 1.54) is 16.7 Å². The second-order valence-corrected chi connectivity index (χ2v) is 8.57. The molecule has 29 heavy (non-hydrogen) atoms. The minimum absolute atomic E-state index is 0.229. The summed E-state index contributed by atoms with van der Waals surface area (Å²) in [4.78, 5) is 20.0. The number of aryl methyl sites for hydroxylation is 1. The fourth-order valence-electron chi connectivity index (χ4n) is 4.67. The lowest BCUT2D eigenvalue weighted by Crippen LogP contribution is -2.50. The average molecular weight is 392 g/mol. The van der Waals surface area contributed by atoms with Crippen molar-refractivity contribution in [2.75, 3.05) is 37.6 Å². The first-order valence-corrected chi connectivity index (χ1v) is 11.0. The van der Waals surface area contributed by atoms with Crippen molar-refractivity contribution < 1.29 is 4.79 Å². The molecule has 0 aromatic heterocycles.